The molecule has 0 spiro atoms. The number of hydrogen-bond donors (Lipinski definition) is 2. The van der Waals surface area contributed by atoms with E-state index in [2.05, 4.69) is 27.1 Å². The molecule has 2 saturated heterocycles. The van der Waals surface area contributed by atoms with Gasteiger partial charge in [0, 0.05) is 36.1 Å². The van der Waals surface area contributed by atoms with E-state index in [0.29, 0.717) is 53.7 Å². The molecular weight excluding hydrogens is 552 g/mol. The van der Waals surface area contributed by atoms with Gasteiger partial charge in [-0.15, -0.1) is 0 Å². The fourth-order valence-electron chi connectivity index (χ4n) is 5.42. The van der Waals surface area contributed by atoms with Crippen molar-refractivity contribution < 1.29 is 19.4 Å². The molecule has 212 valence electrons. The maximum Gasteiger partial charge on any atom is 0.306 e. The van der Waals surface area contributed by atoms with Crippen molar-refractivity contribution in [2.45, 2.75) is 51.6 Å². The Balaban J connectivity index is 1.33. The summed E-state index contributed by atoms with van der Waals surface area (Å²) in [5.41, 5.74) is 1.83. The Labute approximate surface area is 242 Å². The van der Waals surface area contributed by atoms with Crippen molar-refractivity contribution in [3.05, 3.63) is 46.2 Å². The standard InChI is InChI=1S/C28H33ClN6O4S/c1-3-19-5-4-10-35(19)16-23-25(18-6-7-22(39-2)20(29)13-18)32-28(40-23)33-26(36)21-14-31-24(15-30-21)34-11-8-17(9-12-34)27(37)38/h6-7,13-15,17,19H,3-5,8-12,16H2,1-2H3,(H,37,38)(H,32,33,36)/t19-/m1/s1. The second-order valence-electron chi connectivity index (χ2n) is 10.1. The molecule has 1 aromatic carbocycles. The zero-order chi connectivity index (χ0) is 28.2. The highest BCUT2D eigenvalue weighted by atomic mass is 35.5. The lowest BCUT2D eigenvalue weighted by atomic mass is 9.97. The summed E-state index contributed by atoms with van der Waals surface area (Å²) in [6.45, 7) is 5.19. The Bertz CT molecular complexity index is 1360. The molecule has 1 amide bonds. The zero-order valence-corrected chi connectivity index (χ0v) is 24.2. The third kappa shape index (κ3) is 6.21. The first-order valence-corrected chi connectivity index (χ1v) is 14.7. The summed E-state index contributed by atoms with van der Waals surface area (Å²) in [5.74, 6) is -0.251. The lowest BCUT2D eigenvalue weighted by Crippen LogP contribution is -2.36. The third-order valence-corrected chi connectivity index (χ3v) is 8.95. The molecule has 10 nitrogen and oxygen atoms in total. The molecule has 12 heteroatoms. The number of methoxy groups -OCH3 is 1. The van der Waals surface area contributed by atoms with Crippen LogP contribution in [-0.4, -0.2) is 69.6 Å². The number of carbonyl (C=O) groups excluding carboxylic acids is 1. The van der Waals surface area contributed by atoms with Crippen LogP contribution in [0.1, 0.15) is 54.4 Å². The van der Waals surface area contributed by atoms with E-state index >= 15 is 0 Å². The summed E-state index contributed by atoms with van der Waals surface area (Å²) >= 11 is 7.89. The fourth-order valence-corrected chi connectivity index (χ4v) is 6.68. The number of anilines is 2. The molecule has 0 saturated carbocycles. The first-order valence-electron chi connectivity index (χ1n) is 13.5. The van der Waals surface area contributed by atoms with Crippen LogP contribution < -0.4 is 15.0 Å². The molecule has 40 heavy (non-hydrogen) atoms. The third-order valence-electron chi connectivity index (χ3n) is 7.70. The maximum atomic E-state index is 13.1. The van der Waals surface area contributed by atoms with Gasteiger partial charge < -0.3 is 14.7 Å². The van der Waals surface area contributed by atoms with Gasteiger partial charge in [0.25, 0.3) is 5.91 Å². The average molecular weight is 585 g/mol. The highest BCUT2D eigenvalue weighted by Crippen LogP contribution is 2.37. The van der Waals surface area contributed by atoms with Crippen LogP contribution in [0.25, 0.3) is 11.3 Å². The van der Waals surface area contributed by atoms with Gasteiger partial charge >= 0.3 is 5.97 Å². The van der Waals surface area contributed by atoms with Crippen LogP contribution >= 0.6 is 22.9 Å². The van der Waals surface area contributed by atoms with Crippen LogP contribution in [0.4, 0.5) is 10.9 Å². The number of likely N-dealkylation sites (tertiary alicyclic amines) is 1. The highest BCUT2D eigenvalue weighted by molar-refractivity contribution is 7.16. The van der Waals surface area contributed by atoms with Crippen LogP contribution in [0.3, 0.4) is 0 Å². The van der Waals surface area contributed by atoms with Gasteiger partial charge in [-0.25, -0.2) is 15.0 Å². The maximum absolute atomic E-state index is 13.1. The van der Waals surface area contributed by atoms with E-state index in [1.165, 1.54) is 30.4 Å². The zero-order valence-electron chi connectivity index (χ0n) is 22.6. The second kappa shape index (κ2) is 12.5. The van der Waals surface area contributed by atoms with Crippen molar-refractivity contribution in [2.24, 2.45) is 5.92 Å². The van der Waals surface area contributed by atoms with Crippen LogP contribution in [0, 0.1) is 5.92 Å². The van der Waals surface area contributed by atoms with E-state index in [0.717, 1.165) is 35.6 Å². The lowest BCUT2D eigenvalue weighted by molar-refractivity contribution is -0.142. The number of thiazole rings is 1. The number of halogens is 1. The smallest absolute Gasteiger partial charge is 0.306 e. The summed E-state index contributed by atoms with van der Waals surface area (Å²) in [6, 6.07) is 6.14. The Morgan fingerprint density at radius 2 is 1.98 bits per heavy atom. The summed E-state index contributed by atoms with van der Waals surface area (Å²) in [6.07, 6.45) is 7.59. The monoisotopic (exact) mass is 584 g/mol. The largest absolute Gasteiger partial charge is 0.495 e. The molecule has 3 aromatic rings. The van der Waals surface area contributed by atoms with Crippen molar-refractivity contribution in [1.82, 2.24) is 19.9 Å². The number of nitrogens with zero attached hydrogens (tertiary/aromatic N) is 5. The first kappa shape index (κ1) is 28.3. The topological polar surface area (TPSA) is 121 Å². The number of carbonyl (C=O) groups is 2. The van der Waals surface area contributed by atoms with Gasteiger partial charge in [-0.1, -0.05) is 29.9 Å². The summed E-state index contributed by atoms with van der Waals surface area (Å²) in [4.78, 5) is 43.4. The quantitative estimate of drug-likeness (QED) is 0.350. The number of aliphatic carboxylic acids is 1. The summed E-state index contributed by atoms with van der Waals surface area (Å²) < 4.78 is 5.32. The fraction of sp³-hybridized carbons (Fsp3) is 0.464. The van der Waals surface area contributed by atoms with E-state index in [-0.39, 0.29) is 11.6 Å². The molecule has 0 unspecified atom stereocenters. The van der Waals surface area contributed by atoms with Crippen molar-refractivity contribution in [1.29, 1.82) is 0 Å². The van der Waals surface area contributed by atoms with E-state index in [1.807, 2.05) is 23.1 Å². The second-order valence-corrected chi connectivity index (χ2v) is 11.6. The van der Waals surface area contributed by atoms with Crippen LogP contribution in [0.5, 0.6) is 5.75 Å². The number of amides is 1. The Morgan fingerprint density at radius 1 is 1.18 bits per heavy atom. The van der Waals surface area contributed by atoms with Gasteiger partial charge in [0.15, 0.2) is 5.13 Å². The van der Waals surface area contributed by atoms with E-state index in [9.17, 15) is 14.7 Å². The molecule has 0 aliphatic carbocycles. The summed E-state index contributed by atoms with van der Waals surface area (Å²) in [5, 5.41) is 13.1. The molecule has 5 rings (SSSR count). The van der Waals surface area contributed by atoms with E-state index in [4.69, 9.17) is 21.3 Å². The van der Waals surface area contributed by atoms with Gasteiger partial charge in [0.05, 0.1) is 36.1 Å². The van der Waals surface area contributed by atoms with Crippen LogP contribution in [-0.2, 0) is 11.3 Å². The lowest BCUT2D eigenvalue weighted by Gasteiger charge is -2.30. The molecule has 2 aromatic heterocycles. The molecule has 4 heterocycles. The van der Waals surface area contributed by atoms with Gasteiger partial charge in [0.1, 0.15) is 17.3 Å². The minimum Gasteiger partial charge on any atom is -0.495 e. The molecule has 0 radical (unpaired) electrons. The van der Waals surface area contributed by atoms with Crippen LogP contribution in [0.15, 0.2) is 30.6 Å². The van der Waals surface area contributed by atoms with E-state index < -0.39 is 11.9 Å². The number of ether oxygens (including phenoxy) is 1. The Morgan fingerprint density at radius 3 is 2.62 bits per heavy atom. The molecule has 2 aliphatic rings. The van der Waals surface area contributed by atoms with Crippen molar-refractivity contribution in [3.8, 4) is 17.0 Å². The minimum absolute atomic E-state index is 0.181. The van der Waals surface area contributed by atoms with E-state index in [1.54, 1.807) is 13.3 Å². The minimum atomic E-state index is -0.757. The Kier molecular flexibility index (Phi) is 8.82. The predicted molar refractivity (Wildman–Crippen MR) is 155 cm³/mol. The molecule has 2 fully saturated rings. The molecule has 2 aliphatic heterocycles. The highest BCUT2D eigenvalue weighted by Gasteiger charge is 2.27. The number of benzene rings is 1. The Hall–Kier alpha value is -3.28. The first-order chi connectivity index (χ1) is 19.4. The average Bonchev–Trinajstić information content (AvgIpc) is 3.59. The number of carboxylic acid groups (broad SMARTS) is 1. The summed E-state index contributed by atoms with van der Waals surface area (Å²) in [7, 11) is 1.58. The van der Waals surface area contributed by atoms with Crippen molar-refractivity contribution in [2.75, 3.05) is 37.0 Å². The molecular formula is C28H33ClN6O4S. The van der Waals surface area contributed by atoms with Gasteiger partial charge in [-0.2, -0.15) is 0 Å². The molecule has 0 bridgehead atoms. The van der Waals surface area contributed by atoms with Gasteiger partial charge in [-0.3, -0.25) is 19.8 Å². The SMILES string of the molecule is CC[C@@H]1CCCN1Cc1sc(NC(=O)c2cnc(N3CCC(C(=O)O)CC3)cn2)nc1-c1ccc(OC)c(Cl)c1. The number of rotatable bonds is 9. The van der Waals surface area contributed by atoms with Crippen LogP contribution in [0.2, 0.25) is 5.02 Å². The van der Waals surface area contributed by atoms with Gasteiger partial charge in [0.2, 0.25) is 0 Å². The number of hydrogen-bond acceptors (Lipinski definition) is 9. The molecule has 2 N–H and O–H groups in total. The number of nitrogens with one attached hydrogen (secondary N) is 1. The van der Waals surface area contributed by atoms with Crippen molar-refractivity contribution in [3.63, 3.8) is 0 Å². The molecule has 1 atom stereocenters. The van der Waals surface area contributed by atoms with Crippen molar-refractivity contribution >= 4 is 45.8 Å². The predicted octanol–water partition coefficient (Wildman–Crippen LogP) is 5.19. The normalized spacial score (nSPS) is 18.2. The number of piperidine rings is 1. The number of aromatic nitrogens is 3. The van der Waals surface area contributed by atoms with Gasteiger partial charge in [-0.05, 0) is 56.8 Å². The number of carboxylic acids is 1.